The standard InChI is InChI=1S/C15H17N.C12H25NO3.C10H13ClN2.C8H12N4.C5H10BrN.C5H11NO.C4H9Cl2N.C4H7N/c1-3-7-14(8-4-1)11-12-16-13-15-9-5-2-6-10-15;1-8(15-11(2,3)4)9(13)10(14)16-12(5,6)7;11-9-3-1-2-4-10(9)13-7-5-12-6-8-13;1-2-10-8(11-3-1)12-6-4-9-5-7-12;1-7-5-3-2-4-6;6-4-5-2-1-3-7-5;1-4(5,6)2-3-7;1-2-4-5-3-1/h1-10,16H,11-13H2;8-9H,13H2,1-7H3;1-4,12H,5-8H2;1-3,9H,4-7H2;2,4,7H,3,5H2,1H3;5H,1-4,6H2;2-3,7H2,1H3;1-2,5H,3-4H2/b;;;;4-2+;;;/t;8?,9-;;;;5-;;/m.0...1../s1. The number of piperazine rings is 2. The van der Waals surface area contributed by atoms with Crippen LogP contribution in [0.2, 0.25) is 5.02 Å². The fraction of sp³-hybridized carbons (Fsp3) is 0.571. The number of rotatable bonds is 16. The zero-order valence-electron chi connectivity index (χ0n) is 51.4. The van der Waals surface area contributed by atoms with E-state index < -0.39 is 21.9 Å². The fourth-order valence-corrected chi connectivity index (χ4v) is 8.36. The Morgan fingerprint density at radius 3 is 1.78 bits per heavy atom. The molecular weight excluding hydrogens is 1180 g/mol. The highest BCUT2D eigenvalue weighted by molar-refractivity contribution is 9.11. The molecule has 1 aromatic heterocycles. The van der Waals surface area contributed by atoms with E-state index in [0.717, 1.165) is 128 Å². The highest BCUT2D eigenvalue weighted by atomic mass is 79.9. The van der Waals surface area contributed by atoms with E-state index in [9.17, 15) is 4.79 Å². The lowest BCUT2D eigenvalue weighted by molar-refractivity contribution is -0.162. The first-order valence-corrected chi connectivity index (χ1v) is 31.2. The second-order valence-electron chi connectivity index (χ2n) is 21.7. The Labute approximate surface area is 523 Å². The van der Waals surface area contributed by atoms with Crippen LogP contribution in [0.25, 0.3) is 0 Å². The fourth-order valence-electron chi connectivity index (χ4n) is 7.62. The van der Waals surface area contributed by atoms with Crippen LogP contribution in [0.3, 0.4) is 0 Å². The number of alkyl halides is 2. The second kappa shape index (κ2) is 47.4. The largest absolute Gasteiger partial charge is 0.459 e. The van der Waals surface area contributed by atoms with E-state index in [4.69, 9.17) is 66.2 Å². The zero-order chi connectivity index (χ0) is 61.6. The van der Waals surface area contributed by atoms with E-state index in [1.165, 1.54) is 17.5 Å². The molecule has 4 aliphatic rings. The van der Waals surface area contributed by atoms with Gasteiger partial charge in [0.15, 0.2) is 0 Å². The van der Waals surface area contributed by atoms with Gasteiger partial charge in [0.25, 0.3) is 0 Å². The van der Waals surface area contributed by atoms with Crippen molar-refractivity contribution in [3.63, 3.8) is 0 Å². The van der Waals surface area contributed by atoms with Gasteiger partial charge in [0.2, 0.25) is 5.95 Å². The molecule has 4 aliphatic heterocycles. The van der Waals surface area contributed by atoms with E-state index in [-0.39, 0.29) is 11.7 Å². The van der Waals surface area contributed by atoms with Crippen LogP contribution in [-0.2, 0) is 32.0 Å². The lowest BCUT2D eigenvalue weighted by Crippen LogP contribution is -2.47. The van der Waals surface area contributed by atoms with Crippen LogP contribution in [0.15, 0.2) is 127 Å². The zero-order valence-corrected chi connectivity index (χ0v) is 55.2. The molecule has 16 nitrogen and oxygen atoms in total. The van der Waals surface area contributed by atoms with Gasteiger partial charge in [-0.05, 0) is 148 Å². The molecule has 0 aliphatic carbocycles. The molecule has 0 spiro atoms. The Kier molecular flexibility index (Phi) is 44.1. The van der Waals surface area contributed by atoms with E-state index in [2.05, 4.69) is 141 Å². The van der Waals surface area contributed by atoms with Crippen molar-refractivity contribution in [3.8, 4) is 0 Å². The SMILES string of the molecule is C1=CCNC1.CC(Cl)(Cl)CCN.CC(OC(C)(C)C)[C@H](N)C(=O)OC(C)(C)C.CNCC/C=C/Br.Clc1ccccc1N1CCNCC1.NC[C@H]1CCCO1.c1ccc(CCNCc2ccccc2)cc1.c1cnc(N2CCNCC2)nc1. The molecular formula is C63H104BrCl3N12O4. The van der Waals surface area contributed by atoms with Gasteiger partial charge in [0.05, 0.1) is 28.5 Å². The van der Waals surface area contributed by atoms with Gasteiger partial charge in [0, 0.05) is 97.5 Å². The third kappa shape index (κ3) is 43.5. The number of halogens is 4. The predicted octanol–water partition coefficient (Wildman–Crippen LogP) is 9.82. The smallest absolute Gasteiger partial charge is 0.326 e. The molecule has 83 heavy (non-hydrogen) atoms. The Balaban J connectivity index is 0.000000488. The summed E-state index contributed by atoms with van der Waals surface area (Å²) in [6.45, 7) is 30.3. The van der Waals surface area contributed by atoms with Gasteiger partial charge in [0.1, 0.15) is 16.0 Å². The number of benzene rings is 3. The average Bonchev–Trinajstić information content (AvgIpc) is 4.26. The van der Waals surface area contributed by atoms with Crippen molar-refractivity contribution in [1.29, 1.82) is 0 Å². The minimum Gasteiger partial charge on any atom is -0.459 e. The molecule has 3 aromatic carbocycles. The summed E-state index contributed by atoms with van der Waals surface area (Å²) in [4.78, 5) is 26.4. The summed E-state index contributed by atoms with van der Waals surface area (Å²) >= 11 is 20.3. The summed E-state index contributed by atoms with van der Waals surface area (Å²) in [6.07, 6.45) is 15.1. The van der Waals surface area contributed by atoms with Crippen molar-refractivity contribution in [1.82, 2.24) is 36.6 Å². The summed E-state index contributed by atoms with van der Waals surface area (Å²) < 4.78 is 15.3. The molecule has 4 aromatic rings. The van der Waals surface area contributed by atoms with Gasteiger partial charge >= 0.3 is 5.97 Å². The molecule has 5 heterocycles. The van der Waals surface area contributed by atoms with E-state index in [1.54, 1.807) is 26.2 Å². The Morgan fingerprint density at radius 2 is 1.35 bits per heavy atom. The first-order valence-electron chi connectivity index (χ1n) is 29.2. The molecule has 11 N–H and O–H groups in total. The van der Waals surface area contributed by atoms with Crippen LogP contribution >= 0.6 is 50.7 Å². The minimum absolute atomic E-state index is 0.320. The molecule has 3 saturated heterocycles. The summed E-state index contributed by atoms with van der Waals surface area (Å²) in [5, 5.41) is 17.0. The molecule has 1 unspecified atom stereocenters. The van der Waals surface area contributed by atoms with E-state index in [1.807, 2.05) is 83.9 Å². The highest BCUT2D eigenvalue weighted by Gasteiger charge is 2.29. The highest BCUT2D eigenvalue weighted by Crippen LogP contribution is 2.25. The number of nitrogens with zero attached hydrogens (tertiary/aromatic N) is 4. The summed E-state index contributed by atoms with van der Waals surface area (Å²) in [5.41, 5.74) is 19.3. The van der Waals surface area contributed by atoms with Crippen molar-refractivity contribution < 1.29 is 19.0 Å². The van der Waals surface area contributed by atoms with Crippen LogP contribution in [0, 0.1) is 0 Å². The van der Waals surface area contributed by atoms with Crippen molar-refractivity contribution in [3.05, 3.63) is 143 Å². The molecule has 0 bridgehead atoms. The maximum atomic E-state index is 11.7. The predicted molar refractivity (Wildman–Crippen MR) is 356 cm³/mol. The van der Waals surface area contributed by atoms with E-state index in [0.29, 0.717) is 25.6 Å². The number of nitrogens with two attached hydrogens (primary N) is 3. The van der Waals surface area contributed by atoms with Crippen molar-refractivity contribution in [2.75, 3.05) is 115 Å². The Hall–Kier alpha value is -3.76. The van der Waals surface area contributed by atoms with Gasteiger partial charge in [-0.25, -0.2) is 9.97 Å². The van der Waals surface area contributed by atoms with Gasteiger partial charge in [-0.3, -0.25) is 4.79 Å². The third-order valence-electron chi connectivity index (χ3n) is 11.8. The number of anilines is 2. The molecule has 468 valence electrons. The number of aromatic nitrogens is 2. The number of carbonyl (C=O) groups is 1. The minimum atomic E-state index is -0.751. The topological polar surface area (TPSA) is 215 Å². The van der Waals surface area contributed by atoms with Crippen LogP contribution in [-0.4, -0.2) is 155 Å². The number of carbonyl (C=O) groups excluding carboxylic acids is 1. The summed E-state index contributed by atoms with van der Waals surface area (Å²) in [6, 6.07) is 30.2. The molecule has 8 rings (SSSR count). The first kappa shape index (κ1) is 77.3. The van der Waals surface area contributed by atoms with Crippen LogP contribution < -0.4 is 53.6 Å². The number of hydrogen-bond donors (Lipinski definition) is 8. The molecule has 0 saturated carbocycles. The van der Waals surface area contributed by atoms with Crippen LogP contribution in [0.5, 0.6) is 0 Å². The molecule has 3 atom stereocenters. The maximum absolute atomic E-state index is 11.7. The number of esters is 1. The second-order valence-corrected chi connectivity index (χ2v) is 24.5. The van der Waals surface area contributed by atoms with Gasteiger partial charge in [-0.2, -0.15) is 0 Å². The molecule has 3 fully saturated rings. The quantitative estimate of drug-likeness (QED) is 0.0227. The molecule has 0 radical (unpaired) electrons. The van der Waals surface area contributed by atoms with Gasteiger partial charge < -0.3 is 67.8 Å². The van der Waals surface area contributed by atoms with Gasteiger partial charge in [-0.1, -0.05) is 119 Å². The van der Waals surface area contributed by atoms with Crippen molar-refractivity contribution in [2.45, 2.75) is 128 Å². The average molecular weight is 1280 g/mol. The lowest BCUT2D eigenvalue weighted by Gasteiger charge is -2.30. The summed E-state index contributed by atoms with van der Waals surface area (Å²) in [7, 11) is 1.95. The third-order valence-corrected chi connectivity index (χ3v) is 12.9. The lowest BCUT2D eigenvalue weighted by atomic mass is 10.1. The van der Waals surface area contributed by atoms with Crippen LogP contribution in [0.1, 0.15) is 92.2 Å². The Bertz CT molecular complexity index is 2160. The van der Waals surface area contributed by atoms with Crippen molar-refractivity contribution in [2.24, 2.45) is 17.2 Å². The van der Waals surface area contributed by atoms with E-state index >= 15 is 0 Å². The van der Waals surface area contributed by atoms with Crippen LogP contribution in [0.4, 0.5) is 11.6 Å². The first-order chi connectivity index (χ1) is 39.6. The van der Waals surface area contributed by atoms with Crippen molar-refractivity contribution >= 4 is 68.3 Å². The summed E-state index contributed by atoms with van der Waals surface area (Å²) in [5.74, 6) is 0.420. The number of nitrogens with one attached hydrogen (secondary N) is 5. The number of para-hydroxylation sites is 1. The van der Waals surface area contributed by atoms with Gasteiger partial charge in [-0.15, -0.1) is 23.2 Å². The maximum Gasteiger partial charge on any atom is 0.326 e. The monoisotopic (exact) mass is 1280 g/mol. The molecule has 0 amide bonds. The molecule has 20 heteroatoms. The Morgan fingerprint density at radius 1 is 0.795 bits per heavy atom. The number of hydrogen-bond acceptors (Lipinski definition) is 16. The number of ether oxygens (including phenoxy) is 3. The normalized spacial score (nSPS) is 16.3.